The number of hydrogen-bond acceptors (Lipinski definition) is 5. The molecule has 0 bridgehead atoms. The van der Waals surface area contributed by atoms with Crippen LogP contribution in [0.15, 0.2) is 60.7 Å². The molecule has 0 fully saturated rings. The SMILES string of the molecule is CN(C)CCCOc1ccc(-c2ccc(NC(=O)Nc3cccc(C(F)(F)F)c3)cc2)c2c(N)n[nH]c12. The van der Waals surface area contributed by atoms with Crippen LogP contribution in [0, 0.1) is 0 Å². The first-order valence-corrected chi connectivity index (χ1v) is 11.5. The lowest BCUT2D eigenvalue weighted by Gasteiger charge is -2.13. The molecule has 194 valence electrons. The topological polar surface area (TPSA) is 108 Å². The van der Waals surface area contributed by atoms with Gasteiger partial charge in [-0.2, -0.15) is 18.3 Å². The summed E-state index contributed by atoms with van der Waals surface area (Å²) in [5.41, 5.74) is 8.16. The lowest BCUT2D eigenvalue weighted by Crippen LogP contribution is -2.19. The zero-order valence-corrected chi connectivity index (χ0v) is 20.3. The minimum absolute atomic E-state index is 0.0331. The second-order valence-corrected chi connectivity index (χ2v) is 8.71. The highest BCUT2D eigenvalue weighted by Crippen LogP contribution is 2.37. The number of alkyl halides is 3. The third-order valence-corrected chi connectivity index (χ3v) is 5.62. The number of urea groups is 1. The molecule has 0 unspecified atom stereocenters. The highest BCUT2D eigenvalue weighted by molar-refractivity contribution is 6.04. The number of nitrogens with zero attached hydrogens (tertiary/aromatic N) is 2. The van der Waals surface area contributed by atoms with Gasteiger partial charge in [0.15, 0.2) is 5.82 Å². The number of amides is 2. The molecule has 3 aromatic carbocycles. The second-order valence-electron chi connectivity index (χ2n) is 8.71. The van der Waals surface area contributed by atoms with Gasteiger partial charge < -0.3 is 26.0 Å². The van der Waals surface area contributed by atoms with Crippen LogP contribution >= 0.6 is 0 Å². The molecule has 4 rings (SSSR count). The molecular weight excluding hydrogens is 485 g/mol. The molecule has 0 spiro atoms. The summed E-state index contributed by atoms with van der Waals surface area (Å²) >= 11 is 0. The van der Waals surface area contributed by atoms with Crippen molar-refractivity contribution in [3.63, 3.8) is 0 Å². The van der Waals surface area contributed by atoms with Crippen LogP contribution in [-0.4, -0.2) is 48.4 Å². The Morgan fingerprint density at radius 2 is 1.78 bits per heavy atom. The standard InChI is InChI=1S/C26H27F3N6O2/c1-35(2)13-4-14-37-21-12-11-20(22-23(21)33-34-24(22)30)16-7-9-18(10-8-16)31-25(36)32-19-6-3-5-17(15-19)26(27,28)29/h3,5-12,15H,4,13-14H2,1-2H3,(H3,30,33,34)(H2,31,32,36). The van der Waals surface area contributed by atoms with E-state index in [4.69, 9.17) is 10.5 Å². The lowest BCUT2D eigenvalue weighted by molar-refractivity contribution is -0.137. The highest BCUT2D eigenvalue weighted by atomic mass is 19.4. The average Bonchev–Trinajstić information content (AvgIpc) is 3.24. The van der Waals surface area contributed by atoms with Gasteiger partial charge in [0.2, 0.25) is 0 Å². The number of halogens is 3. The van der Waals surface area contributed by atoms with E-state index in [1.807, 2.05) is 26.2 Å². The number of nitrogens with two attached hydrogens (primary N) is 1. The summed E-state index contributed by atoms with van der Waals surface area (Å²) in [7, 11) is 4.01. The molecule has 0 aliphatic rings. The Bertz CT molecular complexity index is 1380. The van der Waals surface area contributed by atoms with Crippen LogP contribution in [0.25, 0.3) is 22.0 Å². The van der Waals surface area contributed by atoms with Crippen molar-refractivity contribution in [3.05, 3.63) is 66.2 Å². The van der Waals surface area contributed by atoms with Crippen LogP contribution in [0.4, 0.5) is 35.2 Å². The molecule has 0 saturated heterocycles. The Morgan fingerprint density at radius 1 is 1.05 bits per heavy atom. The monoisotopic (exact) mass is 512 g/mol. The number of benzene rings is 3. The number of aromatic amines is 1. The molecule has 8 nitrogen and oxygen atoms in total. The smallest absolute Gasteiger partial charge is 0.416 e. The molecule has 37 heavy (non-hydrogen) atoms. The van der Waals surface area contributed by atoms with E-state index in [0.29, 0.717) is 29.4 Å². The van der Waals surface area contributed by atoms with Crippen molar-refractivity contribution in [2.24, 2.45) is 0 Å². The number of carbonyl (C=O) groups is 1. The lowest BCUT2D eigenvalue weighted by atomic mass is 10.0. The van der Waals surface area contributed by atoms with Crippen LogP contribution < -0.4 is 21.1 Å². The van der Waals surface area contributed by atoms with Crippen molar-refractivity contribution in [2.45, 2.75) is 12.6 Å². The van der Waals surface area contributed by atoms with Crippen molar-refractivity contribution >= 4 is 34.1 Å². The van der Waals surface area contributed by atoms with Gasteiger partial charge in [-0.15, -0.1) is 0 Å². The Morgan fingerprint density at radius 3 is 2.49 bits per heavy atom. The molecule has 5 N–H and O–H groups in total. The summed E-state index contributed by atoms with van der Waals surface area (Å²) in [4.78, 5) is 14.4. The summed E-state index contributed by atoms with van der Waals surface area (Å²) in [6.07, 6.45) is -3.63. The Kier molecular flexibility index (Phi) is 7.53. The van der Waals surface area contributed by atoms with Gasteiger partial charge in [0.25, 0.3) is 0 Å². The van der Waals surface area contributed by atoms with Gasteiger partial charge >= 0.3 is 12.2 Å². The summed E-state index contributed by atoms with van der Waals surface area (Å²) < 4.78 is 44.6. The molecule has 0 saturated carbocycles. The van der Waals surface area contributed by atoms with Crippen molar-refractivity contribution in [1.29, 1.82) is 0 Å². The number of carbonyl (C=O) groups excluding carboxylic acids is 1. The van der Waals surface area contributed by atoms with E-state index in [1.165, 1.54) is 12.1 Å². The first-order chi connectivity index (χ1) is 17.6. The van der Waals surface area contributed by atoms with E-state index in [9.17, 15) is 18.0 Å². The van der Waals surface area contributed by atoms with Gasteiger partial charge in [-0.05, 0) is 74.1 Å². The van der Waals surface area contributed by atoms with Gasteiger partial charge in [-0.25, -0.2) is 4.79 Å². The van der Waals surface area contributed by atoms with Gasteiger partial charge in [-0.3, -0.25) is 5.10 Å². The summed E-state index contributed by atoms with van der Waals surface area (Å²) in [5, 5.41) is 12.9. The molecule has 0 radical (unpaired) electrons. The van der Waals surface area contributed by atoms with E-state index in [-0.39, 0.29) is 5.69 Å². The van der Waals surface area contributed by atoms with Crippen LogP contribution in [0.3, 0.4) is 0 Å². The van der Waals surface area contributed by atoms with E-state index in [0.717, 1.165) is 41.6 Å². The molecule has 0 aliphatic heterocycles. The number of hydrogen-bond donors (Lipinski definition) is 4. The minimum Gasteiger partial charge on any atom is -0.491 e. The number of rotatable bonds is 8. The number of nitrogens with one attached hydrogen (secondary N) is 3. The second kappa shape index (κ2) is 10.8. The summed E-state index contributed by atoms with van der Waals surface area (Å²) in [5.74, 6) is 0.998. The maximum absolute atomic E-state index is 12.9. The average molecular weight is 513 g/mol. The Labute approximate surface area is 211 Å². The van der Waals surface area contributed by atoms with Gasteiger partial charge in [-0.1, -0.05) is 18.2 Å². The van der Waals surface area contributed by atoms with Crippen molar-refractivity contribution in [1.82, 2.24) is 15.1 Å². The van der Waals surface area contributed by atoms with Gasteiger partial charge in [0.05, 0.1) is 17.6 Å². The predicted octanol–water partition coefficient (Wildman–Crippen LogP) is 5.81. The van der Waals surface area contributed by atoms with Gasteiger partial charge in [0, 0.05) is 17.9 Å². The number of ether oxygens (including phenoxy) is 1. The Balaban J connectivity index is 1.46. The molecular formula is C26H27F3N6O2. The Hall–Kier alpha value is -4.25. The van der Waals surface area contributed by atoms with Crippen LogP contribution in [0.1, 0.15) is 12.0 Å². The quantitative estimate of drug-likeness (QED) is 0.223. The third kappa shape index (κ3) is 6.31. The van der Waals surface area contributed by atoms with Crippen molar-refractivity contribution < 1.29 is 22.7 Å². The fraction of sp³-hybridized carbons (Fsp3) is 0.231. The van der Waals surface area contributed by atoms with E-state index < -0.39 is 17.8 Å². The van der Waals surface area contributed by atoms with Crippen LogP contribution in [0.2, 0.25) is 0 Å². The van der Waals surface area contributed by atoms with Gasteiger partial charge in [0.1, 0.15) is 11.3 Å². The zero-order valence-electron chi connectivity index (χ0n) is 20.3. The number of anilines is 3. The highest BCUT2D eigenvalue weighted by Gasteiger charge is 2.30. The van der Waals surface area contributed by atoms with E-state index in [1.54, 1.807) is 24.3 Å². The molecule has 4 aromatic rings. The maximum Gasteiger partial charge on any atom is 0.416 e. The van der Waals surface area contributed by atoms with E-state index in [2.05, 4.69) is 25.7 Å². The van der Waals surface area contributed by atoms with Crippen LogP contribution in [-0.2, 0) is 6.18 Å². The molecule has 0 atom stereocenters. The third-order valence-electron chi connectivity index (χ3n) is 5.62. The van der Waals surface area contributed by atoms with E-state index >= 15 is 0 Å². The number of fused-ring (bicyclic) bond motifs is 1. The van der Waals surface area contributed by atoms with Crippen molar-refractivity contribution in [2.75, 3.05) is 43.6 Å². The molecule has 1 aromatic heterocycles. The molecule has 1 heterocycles. The normalized spacial score (nSPS) is 11.6. The number of H-pyrrole nitrogens is 1. The molecule has 0 aliphatic carbocycles. The first-order valence-electron chi connectivity index (χ1n) is 11.5. The van der Waals surface area contributed by atoms with Crippen LogP contribution in [0.5, 0.6) is 5.75 Å². The fourth-order valence-corrected chi connectivity index (χ4v) is 3.86. The zero-order chi connectivity index (χ0) is 26.6. The van der Waals surface area contributed by atoms with Crippen molar-refractivity contribution in [3.8, 4) is 16.9 Å². The maximum atomic E-state index is 12.9. The summed E-state index contributed by atoms with van der Waals surface area (Å²) in [6.45, 7) is 1.46. The predicted molar refractivity (Wildman–Crippen MR) is 139 cm³/mol. The number of nitrogen functional groups attached to an aromatic ring is 1. The molecule has 11 heteroatoms. The minimum atomic E-state index is -4.50. The molecule has 2 amide bonds. The fourth-order valence-electron chi connectivity index (χ4n) is 3.86. The first kappa shape index (κ1) is 25.8. The summed E-state index contributed by atoms with van der Waals surface area (Å²) in [6, 6.07) is 14.5. The number of aromatic nitrogens is 2. The largest absolute Gasteiger partial charge is 0.491 e.